The maximum absolute atomic E-state index is 12.0. The van der Waals surface area contributed by atoms with Crippen molar-refractivity contribution in [2.24, 2.45) is 5.92 Å². The van der Waals surface area contributed by atoms with Gasteiger partial charge in [-0.2, -0.15) is 0 Å². The van der Waals surface area contributed by atoms with E-state index in [1.807, 2.05) is 19.0 Å². The Hall–Kier alpha value is -1.10. The Labute approximate surface area is 109 Å². The predicted molar refractivity (Wildman–Crippen MR) is 69.1 cm³/mol. The first-order chi connectivity index (χ1) is 8.54. The third kappa shape index (κ3) is 5.49. The zero-order chi connectivity index (χ0) is 13.5. The van der Waals surface area contributed by atoms with Crippen LogP contribution in [0.1, 0.15) is 26.2 Å². The molecule has 0 spiro atoms. The maximum atomic E-state index is 12.0. The Morgan fingerprint density at radius 2 is 1.83 bits per heavy atom. The second-order valence-electron chi connectivity index (χ2n) is 4.96. The maximum Gasteiger partial charge on any atom is 0.307 e. The Kier molecular flexibility index (Phi) is 6.12. The van der Waals surface area contributed by atoms with Crippen molar-refractivity contribution in [2.75, 3.05) is 40.3 Å². The van der Waals surface area contributed by atoms with Crippen LogP contribution >= 0.6 is 0 Å². The number of amides is 1. The van der Waals surface area contributed by atoms with E-state index in [9.17, 15) is 9.59 Å². The van der Waals surface area contributed by atoms with E-state index >= 15 is 0 Å². The van der Waals surface area contributed by atoms with E-state index in [1.54, 1.807) is 11.8 Å². The molecule has 1 fully saturated rings. The van der Waals surface area contributed by atoms with Crippen LogP contribution < -0.4 is 0 Å². The summed E-state index contributed by atoms with van der Waals surface area (Å²) in [5.74, 6) is 0.173. The smallest absolute Gasteiger partial charge is 0.307 e. The van der Waals surface area contributed by atoms with Crippen molar-refractivity contribution >= 4 is 11.9 Å². The molecule has 0 radical (unpaired) electrons. The van der Waals surface area contributed by atoms with Crippen LogP contribution in [0.2, 0.25) is 0 Å². The molecule has 1 aliphatic rings. The Balaban J connectivity index is 2.38. The minimum absolute atomic E-state index is 0.196. The summed E-state index contributed by atoms with van der Waals surface area (Å²) in [6.45, 7) is 4.16. The third-order valence-electron chi connectivity index (χ3n) is 2.95. The molecule has 0 atom stereocenters. The summed E-state index contributed by atoms with van der Waals surface area (Å²) in [6, 6.07) is 0. The number of carbonyl (C=O) groups excluding carboxylic acids is 2. The number of carbonyl (C=O) groups is 2. The van der Waals surface area contributed by atoms with Crippen molar-refractivity contribution in [1.82, 2.24) is 9.80 Å². The van der Waals surface area contributed by atoms with Gasteiger partial charge in [-0.1, -0.05) is 0 Å². The summed E-state index contributed by atoms with van der Waals surface area (Å²) >= 11 is 0. The molecule has 0 saturated heterocycles. The number of esters is 1. The van der Waals surface area contributed by atoms with Crippen LogP contribution in [0, 0.1) is 5.92 Å². The van der Waals surface area contributed by atoms with Crippen LogP contribution in [0.4, 0.5) is 0 Å². The van der Waals surface area contributed by atoms with E-state index in [0.29, 0.717) is 26.1 Å². The van der Waals surface area contributed by atoms with Crippen LogP contribution in [-0.2, 0) is 14.3 Å². The number of ether oxygens (including phenoxy) is 1. The first-order valence-electron chi connectivity index (χ1n) is 6.63. The van der Waals surface area contributed by atoms with Crippen molar-refractivity contribution in [3.63, 3.8) is 0 Å². The first-order valence-corrected chi connectivity index (χ1v) is 6.63. The molecule has 1 saturated carbocycles. The van der Waals surface area contributed by atoms with E-state index < -0.39 is 0 Å². The van der Waals surface area contributed by atoms with Gasteiger partial charge in [-0.3, -0.25) is 9.59 Å². The van der Waals surface area contributed by atoms with Gasteiger partial charge in [0.15, 0.2) is 0 Å². The van der Waals surface area contributed by atoms with Gasteiger partial charge >= 0.3 is 5.97 Å². The Bertz CT molecular complexity index is 288. The minimum atomic E-state index is -0.226. The van der Waals surface area contributed by atoms with Crippen molar-refractivity contribution < 1.29 is 14.3 Å². The van der Waals surface area contributed by atoms with Crippen molar-refractivity contribution in [2.45, 2.75) is 26.2 Å². The van der Waals surface area contributed by atoms with E-state index in [2.05, 4.69) is 0 Å². The topological polar surface area (TPSA) is 49.9 Å². The molecule has 1 amide bonds. The summed E-state index contributed by atoms with van der Waals surface area (Å²) in [6.07, 6.45) is 2.28. The Morgan fingerprint density at radius 1 is 1.17 bits per heavy atom. The number of hydrogen-bond acceptors (Lipinski definition) is 4. The molecule has 0 aromatic heterocycles. The second kappa shape index (κ2) is 7.36. The Morgan fingerprint density at radius 3 is 2.33 bits per heavy atom. The number of nitrogens with zero attached hydrogens (tertiary/aromatic N) is 2. The summed E-state index contributed by atoms with van der Waals surface area (Å²) in [5, 5.41) is 0. The molecule has 0 heterocycles. The van der Waals surface area contributed by atoms with Crippen molar-refractivity contribution in [1.29, 1.82) is 0 Å². The zero-order valence-corrected chi connectivity index (χ0v) is 11.6. The molecular weight excluding hydrogens is 232 g/mol. The van der Waals surface area contributed by atoms with Crippen molar-refractivity contribution in [3.05, 3.63) is 0 Å². The molecule has 18 heavy (non-hydrogen) atoms. The van der Waals surface area contributed by atoms with Gasteiger partial charge in [0, 0.05) is 25.6 Å². The molecule has 104 valence electrons. The highest BCUT2D eigenvalue weighted by Crippen LogP contribution is 2.31. The molecule has 5 heteroatoms. The number of likely N-dealkylation sites (N-methyl/N-ethyl adjacent to an activating group) is 1. The minimum Gasteiger partial charge on any atom is -0.466 e. The fourth-order valence-corrected chi connectivity index (χ4v) is 1.70. The average Bonchev–Trinajstić information content (AvgIpc) is 3.12. The molecule has 1 rings (SSSR count). The normalized spacial score (nSPS) is 14.7. The van der Waals surface area contributed by atoms with Gasteiger partial charge in [0.05, 0.1) is 13.0 Å². The highest BCUT2D eigenvalue weighted by molar-refractivity contribution is 5.81. The van der Waals surface area contributed by atoms with Gasteiger partial charge in [-0.05, 0) is 33.9 Å². The summed E-state index contributed by atoms with van der Waals surface area (Å²) in [5.41, 5.74) is 0. The van der Waals surface area contributed by atoms with Gasteiger partial charge < -0.3 is 14.5 Å². The average molecular weight is 256 g/mol. The van der Waals surface area contributed by atoms with E-state index in [-0.39, 0.29) is 17.8 Å². The number of rotatable bonds is 8. The largest absolute Gasteiger partial charge is 0.466 e. The SMILES string of the molecule is CCOC(=O)CCN(CCN(C)C)C(=O)C1CC1. The summed E-state index contributed by atoms with van der Waals surface area (Å²) in [4.78, 5) is 27.2. The lowest BCUT2D eigenvalue weighted by Gasteiger charge is -2.24. The number of hydrogen-bond donors (Lipinski definition) is 0. The fraction of sp³-hybridized carbons (Fsp3) is 0.846. The molecular formula is C13H24N2O3. The molecule has 0 bridgehead atoms. The van der Waals surface area contributed by atoms with Crippen molar-refractivity contribution in [3.8, 4) is 0 Å². The molecule has 5 nitrogen and oxygen atoms in total. The van der Waals surface area contributed by atoms with E-state index in [4.69, 9.17) is 4.74 Å². The molecule has 1 aliphatic carbocycles. The lowest BCUT2D eigenvalue weighted by molar-refractivity contribution is -0.144. The molecule has 0 unspecified atom stereocenters. The molecule has 0 aliphatic heterocycles. The second-order valence-corrected chi connectivity index (χ2v) is 4.96. The van der Waals surface area contributed by atoms with Crippen LogP contribution in [0.3, 0.4) is 0 Å². The fourth-order valence-electron chi connectivity index (χ4n) is 1.70. The van der Waals surface area contributed by atoms with Gasteiger partial charge in [-0.25, -0.2) is 0 Å². The summed E-state index contributed by atoms with van der Waals surface area (Å²) < 4.78 is 4.89. The van der Waals surface area contributed by atoms with Crippen LogP contribution in [0.5, 0.6) is 0 Å². The van der Waals surface area contributed by atoms with E-state index in [0.717, 1.165) is 19.4 Å². The standard InChI is InChI=1S/C13H24N2O3/c1-4-18-12(16)7-8-15(10-9-14(2)3)13(17)11-5-6-11/h11H,4-10H2,1-3H3. The monoisotopic (exact) mass is 256 g/mol. The van der Waals surface area contributed by atoms with Gasteiger partial charge in [0.1, 0.15) is 0 Å². The zero-order valence-electron chi connectivity index (χ0n) is 11.6. The lowest BCUT2D eigenvalue weighted by Crippen LogP contribution is -2.39. The van der Waals surface area contributed by atoms with E-state index in [1.165, 1.54) is 0 Å². The molecule has 0 aromatic carbocycles. The van der Waals surface area contributed by atoms with Crippen LogP contribution in [0.15, 0.2) is 0 Å². The highest BCUT2D eigenvalue weighted by Gasteiger charge is 2.33. The van der Waals surface area contributed by atoms with Gasteiger partial charge in [0.2, 0.25) is 5.91 Å². The highest BCUT2D eigenvalue weighted by atomic mass is 16.5. The lowest BCUT2D eigenvalue weighted by atomic mass is 10.3. The van der Waals surface area contributed by atoms with Crippen LogP contribution in [0.25, 0.3) is 0 Å². The molecule has 0 N–H and O–H groups in total. The first kappa shape index (κ1) is 15.0. The van der Waals surface area contributed by atoms with Gasteiger partial charge in [0.25, 0.3) is 0 Å². The van der Waals surface area contributed by atoms with Gasteiger partial charge in [-0.15, -0.1) is 0 Å². The molecule has 0 aromatic rings. The predicted octanol–water partition coefficient (Wildman–Crippen LogP) is 0.740. The quantitative estimate of drug-likeness (QED) is 0.601. The van der Waals surface area contributed by atoms with Crippen LogP contribution in [-0.4, -0.2) is 62.0 Å². The third-order valence-corrected chi connectivity index (χ3v) is 2.95. The summed E-state index contributed by atoms with van der Waals surface area (Å²) in [7, 11) is 3.95.